The Labute approximate surface area is 122 Å². The third-order valence-corrected chi connectivity index (χ3v) is 3.51. The van der Waals surface area contributed by atoms with Gasteiger partial charge in [0.2, 0.25) is 5.56 Å². The van der Waals surface area contributed by atoms with E-state index >= 15 is 0 Å². The normalized spacial score (nSPS) is 12.2. The van der Waals surface area contributed by atoms with Crippen LogP contribution < -0.4 is 10.9 Å². The molecule has 0 aliphatic carbocycles. The van der Waals surface area contributed by atoms with E-state index in [1.54, 1.807) is 6.92 Å². The van der Waals surface area contributed by atoms with Gasteiger partial charge in [-0.1, -0.05) is 12.1 Å². The Morgan fingerprint density at radius 3 is 2.67 bits per heavy atom. The maximum Gasteiger partial charge on any atom is 0.253 e. The maximum atomic E-state index is 12.1. The molecule has 0 fully saturated rings. The van der Waals surface area contributed by atoms with Crippen molar-refractivity contribution in [3.63, 3.8) is 0 Å². The highest BCUT2D eigenvalue weighted by Crippen LogP contribution is 2.22. The number of H-pyrrole nitrogens is 1. The standard InChI is InChI=1S/C15H19N3O3/c1-8(14-10(3)18-21-11(14)4)7-16-15(20)12-5-6-13(19)17-9(12)2/h5-6,8H,7H2,1-4H3,(H,16,20)(H,17,19)/t8-/m0/s1. The van der Waals surface area contributed by atoms with E-state index < -0.39 is 0 Å². The van der Waals surface area contributed by atoms with E-state index in [0.29, 0.717) is 17.8 Å². The van der Waals surface area contributed by atoms with Crippen molar-refractivity contribution in [1.29, 1.82) is 0 Å². The van der Waals surface area contributed by atoms with E-state index in [4.69, 9.17) is 4.52 Å². The molecule has 0 aliphatic heterocycles. The average Bonchev–Trinajstić information content (AvgIpc) is 2.75. The minimum absolute atomic E-state index is 0.100. The number of aromatic amines is 1. The van der Waals surface area contributed by atoms with Crippen LogP contribution in [0.1, 0.15) is 45.9 Å². The topological polar surface area (TPSA) is 88.0 Å². The van der Waals surface area contributed by atoms with Crippen LogP contribution in [0.3, 0.4) is 0 Å². The Hall–Kier alpha value is -2.37. The number of carbonyl (C=O) groups excluding carboxylic acids is 1. The highest BCUT2D eigenvalue weighted by Gasteiger charge is 2.18. The smallest absolute Gasteiger partial charge is 0.253 e. The predicted molar refractivity (Wildman–Crippen MR) is 78.5 cm³/mol. The fourth-order valence-electron chi connectivity index (χ4n) is 2.46. The van der Waals surface area contributed by atoms with Crippen LogP contribution in [0.25, 0.3) is 0 Å². The van der Waals surface area contributed by atoms with Gasteiger partial charge in [-0.2, -0.15) is 0 Å². The third kappa shape index (κ3) is 3.21. The molecule has 0 saturated carbocycles. The van der Waals surface area contributed by atoms with Gasteiger partial charge in [-0.3, -0.25) is 9.59 Å². The number of hydrogen-bond donors (Lipinski definition) is 2. The average molecular weight is 289 g/mol. The van der Waals surface area contributed by atoms with Gasteiger partial charge >= 0.3 is 0 Å². The van der Waals surface area contributed by atoms with E-state index in [-0.39, 0.29) is 17.4 Å². The van der Waals surface area contributed by atoms with Crippen LogP contribution in [0.5, 0.6) is 0 Å². The molecule has 2 aromatic rings. The maximum absolute atomic E-state index is 12.1. The van der Waals surface area contributed by atoms with Crippen LogP contribution in [-0.4, -0.2) is 22.6 Å². The van der Waals surface area contributed by atoms with Crippen molar-refractivity contribution in [3.8, 4) is 0 Å². The molecule has 0 saturated heterocycles. The van der Waals surface area contributed by atoms with Crippen molar-refractivity contribution in [1.82, 2.24) is 15.5 Å². The van der Waals surface area contributed by atoms with Crippen LogP contribution in [-0.2, 0) is 0 Å². The zero-order valence-electron chi connectivity index (χ0n) is 12.6. The second kappa shape index (κ2) is 5.95. The molecule has 2 aromatic heterocycles. The van der Waals surface area contributed by atoms with E-state index in [9.17, 15) is 9.59 Å². The lowest BCUT2D eigenvalue weighted by molar-refractivity contribution is 0.0950. The lowest BCUT2D eigenvalue weighted by Gasteiger charge is -2.13. The summed E-state index contributed by atoms with van der Waals surface area (Å²) in [6, 6.07) is 2.88. The molecule has 0 radical (unpaired) electrons. The lowest BCUT2D eigenvalue weighted by Crippen LogP contribution is -2.29. The molecule has 2 heterocycles. The Morgan fingerprint density at radius 2 is 2.10 bits per heavy atom. The Bertz CT molecular complexity index is 696. The van der Waals surface area contributed by atoms with Gasteiger partial charge in [0.1, 0.15) is 5.76 Å². The summed E-state index contributed by atoms with van der Waals surface area (Å²) in [5, 5.41) is 6.79. The lowest BCUT2D eigenvalue weighted by atomic mass is 9.99. The molecule has 1 amide bonds. The number of nitrogens with one attached hydrogen (secondary N) is 2. The molecule has 6 heteroatoms. The summed E-state index contributed by atoms with van der Waals surface area (Å²) < 4.78 is 5.14. The fraction of sp³-hybridized carbons (Fsp3) is 0.400. The van der Waals surface area contributed by atoms with E-state index in [0.717, 1.165) is 17.0 Å². The van der Waals surface area contributed by atoms with Gasteiger partial charge in [0.15, 0.2) is 0 Å². The van der Waals surface area contributed by atoms with Gasteiger partial charge in [-0.15, -0.1) is 0 Å². The summed E-state index contributed by atoms with van der Waals surface area (Å²) >= 11 is 0. The molecular formula is C15H19N3O3. The number of pyridine rings is 1. The summed E-state index contributed by atoms with van der Waals surface area (Å²) in [6.07, 6.45) is 0. The minimum atomic E-state index is -0.215. The monoisotopic (exact) mass is 289 g/mol. The molecule has 0 spiro atoms. The predicted octanol–water partition coefficient (Wildman–Crippen LogP) is 1.82. The van der Waals surface area contributed by atoms with Crippen LogP contribution in [0.15, 0.2) is 21.5 Å². The summed E-state index contributed by atoms with van der Waals surface area (Å²) in [5.41, 5.74) is 2.68. The zero-order chi connectivity index (χ0) is 15.6. The summed E-state index contributed by atoms with van der Waals surface area (Å²) in [7, 11) is 0. The van der Waals surface area contributed by atoms with Crippen molar-refractivity contribution in [2.45, 2.75) is 33.6 Å². The quantitative estimate of drug-likeness (QED) is 0.898. The molecule has 21 heavy (non-hydrogen) atoms. The zero-order valence-corrected chi connectivity index (χ0v) is 12.6. The van der Waals surface area contributed by atoms with E-state index in [1.807, 2.05) is 20.8 Å². The van der Waals surface area contributed by atoms with Crippen LogP contribution in [0, 0.1) is 20.8 Å². The SMILES string of the molecule is Cc1noc(C)c1[C@@H](C)CNC(=O)c1ccc(=O)[nH]c1C. The molecule has 0 aromatic carbocycles. The molecule has 2 N–H and O–H groups in total. The number of aromatic nitrogens is 2. The summed E-state index contributed by atoms with van der Waals surface area (Å²) in [6.45, 7) is 7.93. The second-order valence-electron chi connectivity index (χ2n) is 5.21. The van der Waals surface area contributed by atoms with Crippen molar-refractivity contribution in [3.05, 3.63) is 50.8 Å². The fourth-order valence-corrected chi connectivity index (χ4v) is 2.46. The number of hydrogen-bond acceptors (Lipinski definition) is 4. The molecule has 1 atom stereocenters. The number of carbonyl (C=O) groups is 1. The molecule has 112 valence electrons. The number of aryl methyl sites for hydroxylation is 3. The van der Waals surface area contributed by atoms with Crippen LogP contribution in [0.4, 0.5) is 0 Å². The number of rotatable bonds is 4. The van der Waals surface area contributed by atoms with Gasteiger partial charge in [0, 0.05) is 29.8 Å². The second-order valence-corrected chi connectivity index (χ2v) is 5.21. The van der Waals surface area contributed by atoms with Gasteiger partial charge in [0.25, 0.3) is 5.91 Å². The summed E-state index contributed by atoms with van der Waals surface area (Å²) in [4.78, 5) is 25.9. The Kier molecular flexibility index (Phi) is 4.26. The number of nitrogens with zero attached hydrogens (tertiary/aromatic N) is 1. The van der Waals surface area contributed by atoms with Crippen molar-refractivity contribution < 1.29 is 9.32 Å². The number of amides is 1. The van der Waals surface area contributed by atoms with Crippen molar-refractivity contribution >= 4 is 5.91 Å². The summed E-state index contributed by atoms with van der Waals surface area (Å²) in [5.74, 6) is 0.667. The Morgan fingerprint density at radius 1 is 1.38 bits per heavy atom. The van der Waals surface area contributed by atoms with Gasteiger partial charge < -0.3 is 14.8 Å². The molecule has 0 unspecified atom stereocenters. The molecule has 0 bridgehead atoms. The molecule has 2 rings (SSSR count). The molecule has 6 nitrogen and oxygen atoms in total. The third-order valence-electron chi connectivity index (χ3n) is 3.51. The highest BCUT2D eigenvalue weighted by atomic mass is 16.5. The van der Waals surface area contributed by atoms with E-state index in [2.05, 4.69) is 15.5 Å². The van der Waals surface area contributed by atoms with Crippen LogP contribution in [0.2, 0.25) is 0 Å². The van der Waals surface area contributed by atoms with Gasteiger partial charge in [-0.25, -0.2) is 0 Å². The minimum Gasteiger partial charge on any atom is -0.361 e. The first-order chi connectivity index (χ1) is 9.90. The Balaban J connectivity index is 2.06. The highest BCUT2D eigenvalue weighted by molar-refractivity contribution is 5.95. The largest absolute Gasteiger partial charge is 0.361 e. The van der Waals surface area contributed by atoms with Crippen molar-refractivity contribution in [2.24, 2.45) is 0 Å². The van der Waals surface area contributed by atoms with Crippen molar-refractivity contribution in [2.75, 3.05) is 6.54 Å². The molecule has 0 aliphatic rings. The van der Waals surface area contributed by atoms with Gasteiger partial charge in [0.05, 0.1) is 11.3 Å². The van der Waals surface area contributed by atoms with Gasteiger partial charge in [-0.05, 0) is 26.8 Å². The van der Waals surface area contributed by atoms with Crippen LogP contribution >= 0.6 is 0 Å². The first-order valence-corrected chi connectivity index (χ1v) is 6.81. The first-order valence-electron chi connectivity index (χ1n) is 6.81. The molecular weight excluding hydrogens is 270 g/mol. The first kappa shape index (κ1) is 15.0. The van der Waals surface area contributed by atoms with E-state index in [1.165, 1.54) is 12.1 Å².